The normalized spacial score (nSPS) is 11.3. The van der Waals surface area contributed by atoms with Gasteiger partial charge in [0.25, 0.3) is 11.3 Å². The zero-order valence-corrected chi connectivity index (χ0v) is 13.1. The molecule has 0 saturated heterocycles. The van der Waals surface area contributed by atoms with Crippen LogP contribution < -0.4 is 15.6 Å². The standard InChI is InChI=1S/C15H16F2N4O3/c1-10-7-18-13(14(23)20(10)8-11(2)22)19-9-15(16,17)12-5-3-4-6-21(12)24/h3-7H,8-9H2,1-2H3,(H,18,19). The molecule has 0 aromatic carbocycles. The van der Waals surface area contributed by atoms with Gasteiger partial charge in [-0.25, -0.2) is 4.98 Å². The molecule has 9 heteroatoms. The van der Waals surface area contributed by atoms with Gasteiger partial charge in [-0.05, 0) is 19.9 Å². The van der Waals surface area contributed by atoms with Crippen molar-refractivity contribution in [1.29, 1.82) is 0 Å². The number of hydrogen-bond donors (Lipinski definition) is 1. The molecule has 0 bridgehead atoms. The molecule has 2 aromatic rings. The van der Waals surface area contributed by atoms with E-state index >= 15 is 0 Å². The van der Waals surface area contributed by atoms with E-state index in [1.807, 2.05) is 0 Å². The number of halogens is 2. The molecule has 2 rings (SSSR count). The van der Waals surface area contributed by atoms with E-state index in [4.69, 9.17) is 0 Å². The molecule has 0 aliphatic carbocycles. The monoisotopic (exact) mass is 338 g/mol. The molecule has 2 heterocycles. The van der Waals surface area contributed by atoms with Crippen LogP contribution in [0, 0.1) is 12.1 Å². The number of Topliss-reactive ketones (excluding diaryl/α,β-unsaturated/α-hetero) is 1. The fourth-order valence-electron chi connectivity index (χ4n) is 2.11. The largest absolute Gasteiger partial charge is 0.618 e. The molecule has 0 aliphatic rings. The lowest BCUT2D eigenvalue weighted by Gasteiger charge is -2.17. The highest BCUT2D eigenvalue weighted by Gasteiger charge is 2.39. The van der Waals surface area contributed by atoms with Crippen molar-refractivity contribution in [1.82, 2.24) is 9.55 Å². The lowest BCUT2D eigenvalue weighted by molar-refractivity contribution is -0.624. The Kier molecular flexibility index (Phi) is 4.91. The summed E-state index contributed by atoms with van der Waals surface area (Å²) in [6, 6.07) is 3.66. The Labute approximate surface area is 136 Å². The maximum Gasteiger partial charge on any atom is 0.347 e. The Bertz CT molecular complexity index is 821. The van der Waals surface area contributed by atoms with Gasteiger partial charge >= 0.3 is 5.92 Å². The van der Waals surface area contributed by atoms with Crippen molar-refractivity contribution in [2.45, 2.75) is 26.3 Å². The van der Waals surface area contributed by atoms with E-state index < -0.39 is 23.7 Å². The minimum Gasteiger partial charge on any atom is -0.618 e. The van der Waals surface area contributed by atoms with Gasteiger partial charge in [-0.3, -0.25) is 9.59 Å². The minimum absolute atomic E-state index is 0.0677. The number of carbonyl (C=O) groups is 1. The molecule has 0 aliphatic heterocycles. The van der Waals surface area contributed by atoms with Gasteiger partial charge in [-0.2, -0.15) is 13.5 Å². The highest BCUT2D eigenvalue weighted by molar-refractivity contribution is 5.75. The quantitative estimate of drug-likeness (QED) is 0.626. The number of nitrogens with zero attached hydrogens (tertiary/aromatic N) is 3. The molecule has 128 valence electrons. The van der Waals surface area contributed by atoms with Crippen LogP contribution in [0.5, 0.6) is 0 Å². The number of rotatable bonds is 6. The number of pyridine rings is 1. The van der Waals surface area contributed by atoms with Gasteiger partial charge in [0.15, 0.2) is 12.0 Å². The molecule has 0 radical (unpaired) electrons. The predicted molar refractivity (Wildman–Crippen MR) is 81.7 cm³/mol. The highest BCUT2D eigenvalue weighted by Crippen LogP contribution is 2.24. The third-order valence-corrected chi connectivity index (χ3v) is 3.31. The summed E-state index contributed by atoms with van der Waals surface area (Å²) in [7, 11) is 0. The van der Waals surface area contributed by atoms with Gasteiger partial charge in [-0.15, -0.1) is 0 Å². The Morgan fingerprint density at radius 2 is 2.17 bits per heavy atom. The molecule has 1 N–H and O–H groups in total. The lowest BCUT2D eigenvalue weighted by Crippen LogP contribution is -2.41. The van der Waals surface area contributed by atoms with Crippen LogP contribution in [-0.2, 0) is 17.3 Å². The van der Waals surface area contributed by atoms with Gasteiger partial charge < -0.3 is 15.1 Å². The average molecular weight is 338 g/mol. The van der Waals surface area contributed by atoms with Crippen molar-refractivity contribution < 1.29 is 18.3 Å². The number of anilines is 1. The summed E-state index contributed by atoms with van der Waals surface area (Å²) >= 11 is 0. The van der Waals surface area contributed by atoms with Crippen LogP contribution in [0.4, 0.5) is 14.6 Å². The van der Waals surface area contributed by atoms with Crippen LogP contribution in [0.25, 0.3) is 0 Å². The summed E-state index contributed by atoms with van der Waals surface area (Å²) in [4.78, 5) is 27.2. The van der Waals surface area contributed by atoms with Crippen LogP contribution in [-0.4, -0.2) is 21.9 Å². The maximum atomic E-state index is 14.2. The summed E-state index contributed by atoms with van der Waals surface area (Å²) < 4.78 is 29.5. The number of nitrogens with one attached hydrogen (secondary N) is 1. The molecule has 24 heavy (non-hydrogen) atoms. The summed E-state index contributed by atoms with van der Waals surface area (Å²) in [6.07, 6.45) is 2.27. The first-order chi connectivity index (χ1) is 11.2. The number of aryl methyl sites for hydroxylation is 1. The van der Waals surface area contributed by atoms with Gasteiger partial charge in [-0.1, -0.05) is 0 Å². The average Bonchev–Trinajstić information content (AvgIpc) is 2.50. The van der Waals surface area contributed by atoms with Crippen molar-refractivity contribution in [3.05, 3.63) is 57.5 Å². The Morgan fingerprint density at radius 3 is 2.79 bits per heavy atom. The Balaban J connectivity index is 2.25. The van der Waals surface area contributed by atoms with E-state index in [1.54, 1.807) is 6.92 Å². The van der Waals surface area contributed by atoms with Crippen LogP contribution in [0.2, 0.25) is 0 Å². The molecule has 0 atom stereocenters. The second kappa shape index (κ2) is 6.73. The molecule has 7 nitrogen and oxygen atoms in total. The molecular weight excluding hydrogens is 322 g/mol. The van der Waals surface area contributed by atoms with Crippen LogP contribution in [0.1, 0.15) is 18.3 Å². The second-order valence-corrected chi connectivity index (χ2v) is 5.31. The second-order valence-electron chi connectivity index (χ2n) is 5.31. The minimum atomic E-state index is -3.51. The van der Waals surface area contributed by atoms with E-state index in [0.717, 1.165) is 16.8 Å². The maximum absolute atomic E-state index is 14.2. The van der Waals surface area contributed by atoms with Gasteiger partial charge in [0.05, 0.1) is 13.1 Å². The smallest absolute Gasteiger partial charge is 0.347 e. The summed E-state index contributed by atoms with van der Waals surface area (Å²) in [5.41, 5.74) is -0.981. The van der Waals surface area contributed by atoms with Crippen molar-refractivity contribution in [3.63, 3.8) is 0 Å². The van der Waals surface area contributed by atoms with Crippen molar-refractivity contribution in [2.24, 2.45) is 0 Å². The highest BCUT2D eigenvalue weighted by atomic mass is 19.3. The number of ketones is 1. The molecule has 2 aromatic heterocycles. The fraction of sp³-hybridized carbons (Fsp3) is 0.333. The van der Waals surface area contributed by atoms with Gasteiger partial charge in [0, 0.05) is 24.0 Å². The van der Waals surface area contributed by atoms with Gasteiger partial charge in [0.2, 0.25) is 0 Å². The van der Waals surface area contributed by atoms with E-state index in [-0.39, 0.29) is 22.9 Å². The zero-order valence-electron chi connectivity index (χ0n) is 13.1. The van der Waals surface area contributed by atoms with Crippen LogP contribution in [0.15, 0.2) is 35.4 Å². The first-order valence-corrected chi connectivity index (χ1v) is 7.08. The topological polar surface area (TPSA) is 90.9 Å². The summed E-state index contributed by atoms with van der Waals surface area (Å²) in [5, 5.41) is 13.7. The van der Waals surface area contributed by atoms with Crippen molar-refractivity contribution in [3.8, 4) is 0 Å². The number of aromatic nitrogens is 3. The van der Waals surface area contributed by atoms with E-state index in [1.165, 1.54) is 25.3 Å². The van der Waals surface area contributed by atoms with E-state index in [0.29, 0.717) is 5.69 Å². The van der Waals surface area contributed by atoms with Crippen molar-refractivity contribution >= 4 is 11.6 Å². The number of hydrogen-bond acceptors (Lipinski definition) is 5. The third kappa shape index (κ3) is 3.73. The molecular formula is C15H16F2N4O3. The number of alkyl halides is 2. The molecule has 0 fully saturated rings. The Hall–Kier alpha value is -2.84. The molecule has 0 amide bonds. The SMILES string of the molecule is CC(=O)Cn1c(C)cnc(NCC(F)(F)c2cccc[n+]2[O-])c1=O. The predicted octanol–water partition coefficient (Wildman–Crippen LogP) is 0.978. The van der Waals surface area contributed by atoms with E-state index in [9.17, 15) is 23.6 Å². The van der Waals surface area contributed by atoms with Crippen LogP contribution >= 0.6 is 0 Å². The van der Waals surface area contributed by atoms with E-state index in [2.05, 4.69) is 10.3 Å². The van der Waals surface area contributed by atoms with Crippen LogP contribution in [0.3, 0.4) is 0 Å². The first-order valence-electron chi connectivity index (χ1n) is 7.08. The first kappa shape index (κ1) is 17.5. The van der Waals surface area contributed by atoms with Gasteiger partial charge in [0.1, 0.15) is 5.78 Å². The molecule has 0 saturated carbocycles. The Morgan fingerprint density at radius 1 is 1.46 bits per heavy atom. The molecule has 0 spiro atoms. The summed E-state index contributed by atoms with van der Waals surface area (Å²) in [6.45, 7) is 1.75. The summed E-state index contributed by atoms with van der Waals surface area (Å²) in [5.74, 6) is -4.07. The van der Waals surface area contributed by atoms with Crippen molar-refractivity contribution in [2.75, 3.05) is 11.9 Å². The number of carbonyl (C=O) groups excluding carboxylic acids is 1. The zero-order chi connectivity index (χ0) is 17.9. The fourth-order valence-corrected chi connectivity index (χ4v) is 2.11. The molecule has 0 unspecified atom stereocenters. The third-order valence-electron chi connectivity index (χ3n) is 3.31. The lowest BCUT2D eigenvalue weighted by atomic mass is 10.2.